The SMILES string of the molecule is CNCCN(C)C(=O)Cc1csc(-c2ccc(C)cc2)n1.Cl.Cl. The molecule has 1 heterocycles. The molecule has 23 heavy (non-hydrogen) atoms. The van der Waals surface area contributed by atoms with Gasteiger partial charge in [0.1, 0.15) is 5.01 Å². The molecule has 1 N–H and O–H groups in total. The van der Waals surface area contributed by atoms with Crippen molar-refractivity contribution < 1.29 is 4.79 Å². The Morgan fingerprint density at radius 1 is 1.26 bits per heavy atom. The Bertz CT molecular complexity index is 602. The fraction of sp³-hybridized carbons (Fsp3) is 0.375. The molecule has 0 aliphatic rings. The van der Waals surface area contributed by atoms with Crippen LogP contribution in [-0.2, 0) is 11.2 Å². The highest BCUT2D eigenvalue weighted by Crippen LogP contribution is 2.24. The predicted octanol–water partition coefficient (Wildman–Crippen LogP) is 3.18. The molecule has 0 atom stereocenters. The Hall–Kier alpha value is -1.14. The van der Waals surface area contributed by atoms with Crippen LogP contribution in [0, 0.1) is 6.92 Å². The molecule has 0 bridgehead atoms. The van der Waals surface area contributed by atoms with E-state index < -0.39 is 0 Å². The van der Waals surface area contributed by atoms with Gasteiger partial charge in [0.2, 0.25) is 5.91 Å². The Balaban J connectivity index is 0.00000242. The van der Waals surface area contributed by atoms with Crippen LogP contribution in [0.2, 0.25) is 0 Å². The average molecular weight is 376 g/mol. The maximum Gasteiger partial charge on any atom is 0.228 e. The number of likely N-dealkylation sites (N-methyl/N-ethyl adjacent to an activating group) is 2. The molecule has 0 aliphatic heterocycles. The van der Waals surface area contributed by atoms with Gasteiger partial charge in [-0.1, -0.05) is 29.8 Å². The van der Waals surface area contributed by atoms with E-state index in [-0.39, 0.29) is 30.7 Å². The zero-order chi connectivity index (χ0) is 15.2. The molecule has 7 heteroatoms. The quantitative estimate of drug-likeness (QED) is 0.842. The molecule has 0 unspecified atom stereocenters. The number of amides is 1. The number of nitrogens with zero attached hydrogens (tertiary/aromatic N) is 2. The molecule has 0 aliphatic carbocycles. The van der Waals surface area contributed by atoms with E-state index in [1.165, 1.54) is 5.56 Å². The summed E-state index contributed by atoms with van der Waals surface area (Å²) in [4.78, 5) is 18.4. The largest absolute Gasteiger partial charge is 0.344 e. The predicted molar refractivity (Wildman–Crippen MR) is 102 cm³/mol. The number of rotatable bonds is 6. The highest BCUT2D eigenvalue weighted by Gasteiger charge is 2.12. The van der Waals surface area contributed by atoms with Gasteiger partial charge in [0.05, 0.1) is 12.1 Å². The third-order valence-corrected chi connectivity index (χ3v) is 4.25. The molecular weight excluding hydrogens is 353 g/mol. The number of halogens is 2. The lowest BCUT2D eigenvalue weighted by Crippen LogP contribution is -2.33. The first kappa shape index (κ1) is 21.9. The number of carbonyl (C=O) groups is 1. The lowest BCUT2D eigenvalue weighted by atomic mass is 10.2. The monoisotopic (exact) mass is 375 g/mol. The van der Waals surface area contributed by atoms with Gasteiger partial charge in [0, 0.05) is 31.1 Å². The van der Waals surface area contributed by atoms with Crippen molar-refractivity contribution >= 4 is 42.1 Å². The number of carbonyl (C=O) groups excluding carboxylic acids is 1. The lowest BCUT2D eigenvalue weighted by Gasteiger charge is -2.16. The van der Waals surface area contributed by atoms with Crippen LogP contribution in [0.3, 0.4) is 0 Å². The maximum absolute atomic E-state index is 12.1. The third-order valence-electron chi connectivity index (χ3n) is 3.31. The molecular formula is C16H23Cl2N3OS. The molecule has 0 spiro atoms. The Morgan fingerprint density at radius 3 is 2.52 bits per heavy atom. The lowest BCUT2D eigenvalue weighted by molar-refractivity contribution is -0.129. The van der Waals surface area contributed by atoms with E-state index in [9.17, 15) is 4.79 Å². The summed E-state index contributed by atoms with van der Waals surface area (Å²) in [5.41, 5.74) is 3.18. The van der Waals surface area contributed by atoms with Gasteiger partial charge in [-0.15, -0.1) is 36.2 Å². The van der Waals surface area contributed by atoms with Crippen LogP contribution in [-0.4, -0.2) is 43.0 Å². The van der Waals surface area contributed by atoms with Crippen molar-refractivity contribution in [3.8, 4) is 10.6 Å². The second kappa shape index (κ2) is 10.6. The Kier molecular flexibility index (Phi) is 10.1. The van der Waals surface area contributed by atoms with Crippen molar-refractivity contribution in [3.63, 3.8) is 0 Å². The topological polar surface area (TPSA) is 45.2 Å². The summed E-state index contributed by atoms with van der Waals surface area (Å²) in [5.74, 6) is 0.103. The molecule has 2 aromatic rings. The van der Waals surface area contributed by atoms with Crippen molar-refractivity contribution in [2.24, 2.45) is 0 Å². The summed E-state index contributed by atoms with van der Waals surface area (Å²) in [7, 11) is 3.71. The van der Waals surface area contributed by atoms with Crippen LogP contribution in [0.15, 0.2) is 29.6 Å². The van der Waals surface area contributed by atoms with E-state index >= 15 is 0 Å². The van der Waals surface area contributed by atoms with Crippen molar-refractivity contribution in [2.75, 3.05) is 27.2 Å². The maximum atomic E-state index is 12.1. The molecule has 0 saturated heterocycles. The standard InChI is InChI=1S/C16H21N3OS.2ClH/c1-12-4-6-13(7-5-12)16-18-14(11-21-16)10-15(20)19(3)9-8-17-2;;/h4-7,11,17H,8-10H2,1-3H3;2*1H. The summed E-state index contributed by atoms with van der Waals surface area (Å²) >= 11 is 1.59. The first-order valence-electron chi connectivity index (χ1n) is 7.00. The van der Waals surface area contributed by atoms with Crippen molar-refractivity contribution in [3.05, 3.63) is 40.9 Å². The van der Waals surface area contributed by atoms with Gasteiger partial charge in [-0.3, -0.25) is 4.79 Å². The number of nitrogens with one attached hydrogen (secondary N) is 1. The summed E-state index contributed by atoms with van der Waals surface area (Å²) < 4.78 is 0. The molecule has 1 aromatic heterocycles. The van der Waals surface area contributed by atoms with Crippen LogP contribution >= 0.6 is 36.2 Å². The molecule has 1 amide bonds. The highest BCUT2D eigenvalue weighted by molar-refractivity contribution is 7.13. The first-order chi connectivity index (χ1) is 10.1. The molecule has 0 radical (unpaired) electrons. The molecule has 128 valence electrons. The molecule has 4 nitrogen and oxygen atoms in total. The van der Waals surface area contributed by atoms with Crippen LogP contribution in [0.25, 0.3) is 10.6 Å². The van der Waals surface area contributed by atoms with Crippen molar-refractivity contribution in [1.29, 1.82) is 0 Å². The van der Waals surface area contributed by atoms with E-state index in [0.29, 0.717) is 13.0 Å². The molecule has 2 rings (SSSR count). The minimum absolute atomic E-state index is 0. The van der Waals surface area contributed by atoms with Gasteiger partial charge < -0.3 is 10.2 Å². The van der Waals surface area contributed by atoms with Crippen molar-refractivity contribution in [2.45, 2.75) is 13.3 Å². The molecule has 0 saturated carbocycles. The van der Waals surface area contributed by atoms with Gasteiger partial charge in [-0.25, -0.2) is 4.98 Å². The number of aryl methyl sites for hydroxylation is 1. The van der Waals surface area contributed by atoms with E-state index in [1.54, 1.807) is 16.2 Å². The second-order valence-electron chi connectivity index (χ2n) is 5.11. The summed E-state index contributed by atoms with van der Waals surface area (Å²) in [6, 6.07) is 8.29. The fourth-order valence-corrected chi connectivity index (χ4v) is 2.74. The van der Waals surface area contributed by atoms with Gasteiger partial charge in [0.25, 0.3) is 0 Å². The van der Waals surface area contributed by atoms with E-state index in [0.717, 1.165) is 22.8 Å². The number of aromatic nitrogens is 1. The van der Waals surface area contributed by atoms with Crippen LogP contribution in [0.1, 0.15) is 11.3 Å². The first-order valence-corrected chi connectivity index (χ1v) is 7.88. The fourth-order valence-electron chi connectivity index (χ4n) is 1.91. The van der Waals surface area contributed by atoms with E-state index in [1.807, 2.05) is 19.5 Å². The smallest absolute Gasteiger partial charge is 0.228 e. The van der Waals surface area contributed by atoms with Crippen molar-refractivity contribution in [1.82, 2.24) is 15.2 Å². The second-order valence-corrected chi connectivity index (χ2v) is 5.96. The van der Waals surface area contributed by atoms with Crippen LogP contribution in [0.5, 0.6) is 0 Å². The Morgan fingerprint density at radius 2 is 1.91 bits per heavy atom. The van der Waals surface area contributed by atoms with E-state index in [4.69, 9.17) is 0 Å². The summed E-state index contributed by atoms with van der Waals surface area (Å²) in [6.07, 6.45) is 0.364. The Labute approximate surface area is 154 Å². The number of thiazole rings is 1. The molecule has 1 aromatic carbocycles. The number of hydrogen-bond acceptors (Lipinski definition) is 4. The average Bonchev–Trinajstić information content (AvgIpc) is 2.93. The summed E-state index contributed by atoms with van der Waals surface area (Å²) in [5, 5.41) is 5.98. The number of hydrogen-bond donors (Lipinski definition) is 1. The zero-order valence-corrected chi connectivity index (χ0v) is 16.0. The van der Waals surface area contributed by atoms with E-state index in [2.05, 4.69) is 41.5 Å². The van der Waals surface area contributed by atoms with Crippen LogP contribution < -0.4 is 5.32 Å². The minimum atomic E-state index is 0. The minimum Gasteiger partial charge on any atom is -0.344 e. The van der Waals surface area contributed by atoms with Crippen LogP contribution in [0.4, 0.5) is 0 Å². The normalized spacial score (nSPS) is 9.70. The van der Waals surface area contributed by atoms with Gasteiger partial charge in [0.15, 0.2) is 0 Å². The third kappa shape index (κ3) is 6.47. The van der Waals surface area contributed by atoms with Gasteiger partial charge in [-0.05, 0) is 14.0 Å². The van der Waals surface area contributed by atoms with Gasteiger partial charge in [-0.2, -0.15) is 0 Å². The number of benzene rings is 1. The summed E-state index contributed by atoms with van der Waals surface area (Å²) in [6.45, 7) is 3.58. The van der Waals surface area contributed by atoms with Gasteiger partial charge >= 0.3 is 0 Å². The molecule has 0 fully saturated rings. The highest BCUT2D eigenvalue weighted by atomic mass is 35.5. The zero-order valence-electron chi connectivity index (χ0n) is 13.5.